The molecule has 0 fully saturated rings. The van der Waals surface area contributed by atoms with E-state index in [0.717, 1.165) is 25.2 Å². The van der Waals surface area contributed by atoms with Gasteiger partial charge in [0.05, 0.1) is 5.69 Å². The van der Waals surface area contributed by atoms with E-state index in [9.17, 15) is 0 Å². The first-order chi connectivity index (χ1) is 9.10. The fraction of sp³-hybridized carbons (Fsp3) is 0.786. The molecule has 0 unspecified atom stereocenters. The van der Waals surface area contributed by atoms with Gasteiger partial charge >= 0.3 is 0 Å². The van der Waals surface area contributed by atoms with Crippen LogP contribution in [0.5, 0.6) is 0 Å². The molecule has 0 amide bonds. The standard InChI is InChI=1S/C14H27N3O2/c1-6-18-14(19-7-2)8-9-15-10-13-11(3)16-17(5)12(13)4/h14-15H,6-10H2,1-5H3. The molecule has 5 nitrogen and oxygen atoms in total. The zero-order chi connectivity index (χ0) is 14.3. The number of hydrogen-bond acceptors (Lipinski definition) is 4. The Hall–Kier alpha value is -0.910. The van der Waals surface area contributed by atoms with Crippen LogP contribution in [0.2, 0.25) is 0 Å². The number of aromatic nitrogens is 2. The molecule has 110 valence electrons. The lowest BCUT2D eigenvalue weighted by Gasteiger charge is -2.17. The first kappa shape index (κ1) is 16.1. The van der Waals surface area contributed by atoms with Gasteiger partial charge in [0.2, 0.25) is 0 Å². The van der Waals surface area contributed by atoms with E-state index >= 15 is 0 Å². The molecule has 0 aromatic carbocycles. The lowest BCUT2D eigenvalue weighted by molar-refractivity contribution is -0.138. The maximum atomic E-state index is 5.51. The van der Waals surface area contributed by atoms with Crippen molar-refractivity contribution >= 4 is 0 Å². The molecular formula is C14H27N3O2. The molecule has 1 aromatic rings. The molecule has 0 aliphatic heterocycles. The molecule has 0 atom stereocenters. The number of nitrogens with one attached hydrogen (secondary N) is 1. The van der Waals surface area contributed by atoms with Crippen molar-refractivity contribution in [2.75, 3.05) is 19.8 Å². The molecule has 1 heterocycles. The second-order valence-corrected chi connectivity index (χ2v) is 4.58. The van der Waals surface area contributed by atoms with Crippen LogP contribution in [0.3, 0.4) is 0 Å². The summed E-state index contributed by atoms with van der Waals surface area (Å²) in [5.41, 5.74) is 3.60. The molecule has 0 saturated carbocycles. The number of aryl methyl sites for hydroxylation is 2. The minimum atomic E-state index is -0.0985. The molecule has 5 heteroatoms. The van der Waals surface area contributed by atoms with Crippen LogP contribution in [0.15, 0.2) is 0 Å². The van der Waals surface area contributed by atoms with E-state index in [1.807, 2.05) is 32.5 Å². The minimum Gasteiger partial charge on any atom is -0.353 e. The first-order valence-electron chi connectivity index (χ1n) is 7.03. The van der Waals surface area contributed by atoms with Crippen LogP contribution in [0, 0.1) is 13.8 Å². The molecular weight excluding hydrogens is 242 g/mol. The van der Waals surface area contributed by atoms with Crippen LogP contribution < -0.4 is 5.32 Å². The zero-order valence-corrected chi connectivity index (χ0v) is 12.8. The fourth-order valence-corrected chi connectivity index (χ4v) is 2.09. The summed E-state index contributed by atoms with van der Waals surface area (Å²) in [5, 5.41) is 7.84. The Labute approximate surface area is 116 Å². The van der Waals surface area contributed by atoms with Gasteiger partial charge in [0, 0.05) is 51.0 Å². The average Bonchev–Trinajstić information content (AvgIpc) is 2.60. The molecule has 19 heavy (non-hydrogen) atoms. The second-order valence-electron chi connectivity index (χ2n) is 4.58. The summed E-state index contributed by atoms with van der Waals surface area (Å²) in [6, 6.07) is 0. The van der Waals surface area contributed by atoms with Crippen molar-refractivity contribution in [1.82, 2.24) is 15.1 Å². The van der Waals surface area contributed by atoms with E-state index in [4.69, 9.17) is 9.47 Å². The van der Waals surface area contributed by atoms with Crippen LogP contribution >= 0.6 is 0 Å². The predicted molar refractivity (Wildman–Crippen MR) is 76.0 cm³/mol. The number of nitrogens with zero attached hydrogens (tertiary/aromatic N) is 2. The summed E-state index contributed by atoms with van der Waals surface area (Å²) < 4.78 is 12.9. The van der Waals surface area contributed by atoms with Crippen molar-refractivity contribution in [1.29, 1.82) is 0 Å². The van der Waals surface area contributed by atoms with Gasteiger partial charge in [0.15, 0.2) is 6.29 Å². The van der Waals surface area contributed by atoms with Gasteiger partial charge in [-0.25, -0.2) is 0 Å². The molecule has 1 rings (SSSR count). The lowest BCUT2D eigenvalue weighted by Crippen LogP contribution is -2.25. The van der Waals surface area contributed by atoms with E-state index in [2.05, 4.69) is 17.3 Å². The second kappa shape index (κ2) is 8.30. The topological polar surface area (TPSA) is 48.3 Å². The Morgan fingerprint density at radius 1 is 1.21 bits per heavy atom. The Bertz CT molecular complexity index is 371. The molecule has 0 aliphatic carbocycles. The SMILES string of the molecule is CCOC(CCNCc1c(C)nn(C)c1C)OCC. The van der Waals surface area contributed by atoms with E-state index < -0.39 is 0 Å². The van der Waals surface area contributed by atoms with Crippen molar-refractivity contribution in [3.8, 4) is 0 Å². The average molecular weight is 269 g/mol. The number of hydrogen-bond donors (Lipinski definition) is 1. The number of ether oxygens (including phenoxy) is 2. The third kappa shape index (κ3) is 4.93. The van der Waals surface area contributed by atoms with Gasteiger partial charge in [0.1, 0.15) is 0 Å². The van der Waals surface area contributed by atoms with Gasteiger partial charge in [-0.1, -0.05) is 0 Å². The van der Waals surface area contributed by atoms with Crippen molar-refractivity contribution in [2.45, 2.75) is 47.0 Å². The van der Waals surface area contributed by atoms with E-state index in [1.165, 1.54) is 11.3 Å². The quantitative estimate of drug-likeness (QED) is 0.549. The van der Waals surface area contributed by atoms with Crippen LogP contribution in [-0.4, -0.2) is 35.8 Å². The zero-order valence-electron chi connectivity index (χ0n) is 12.8. The molecule has 0 aliphatic rings. The van der Waals surface area contributed by atoms with Crippen LogP contribution in [-0.2, 0) is 23.1 Å². The number of rotatable bonds is 9. The predicted octanol–water partition coefficient (Wildman–Crippen LogP) is 1.92. The van der Waals surface area contributed by atoms with Gasteiger partial charge in [-0.15, -0.1) is 0 Å². The first-order valence-corrected chi connectivity index (χ1v) is 7.03. The Kier molecular flexibility index (Phi) is 7.05. The summed E-state index contributed by atoms with van der Waals surface area (Å²) in [4.78, 5) is 0. The summed E-state index contributed by atoms with van der Waals surface area (Å²) in [6.07, 6.45) is 0.763. The van der Waals surface area contributed by atoms with Crippen molar-refractivity contribution in [3.63, 3.8) is 0 Å². The van der Waals surface area contributed by atoms with Crippen molar-refractivity contribution in [3.05, 3.63) is 17.0 Å². The van der Waals surface area contributed by atoms with Crippen molar-refractivity contribution < 1.29 is 9.47 Å². The Morgan fingerprint density at radius 2 is 1.84 bits per heavy atom. The van der Waals surface area contributed by atoms with E-state index in [-0.39, 0.29) is 6.29 Å². The Morgan fingerprint density at radius 3 is 2.32 bits per heavy atom. The van der Waals surface area contributed by atoms with Crippen LogP contribution in [0.25, 0.3) is 0 Å². The third-order valence-corrected chi connectivity index (χ3v) is 3.22. The van der Waals surface area contributed by atoms with Crippen LogP contribution in [0.4, 0.5) is 0 Å². The van der Waals surface area contributed by atoms with Gasteiger partial charge < -0.3 is 14.8 Å². The normalized spacial score (nSPS) is 11.5. The molecule has 1 aromatic heterocycles. The van der Waals surface area contributed by atoms with Gasteiger partial charge in [-0.3, -0.25) is 4.68 Å². The summed E-state index contributed by atoms with van der Waals surface area (Å²) in [6.45, 7) is 11.2. The maximum absolute atomic E-state index is 5.51. The Balaban J connectivity index is 2.33. The molecule has 0 saturated heterocycles. The third-order valence-electron chi connectivity index (χ3n) is 3.22. The molecule has 0 radical (unpaired) electrons. The van der Waals surface area contributed by atoms with Gasteiger partial charge in [0.25, 0.3) is 0 Å². The van der Waals surface area contributed by atoms with Gasteiger partial charge in [-0.2, -0.15) is 5.10 Å². The van der Waals surface area contributed by atoms with E-state index in [0.29, 0.717) is 13.2 Å². The summed E-state index contributed by atoms with van der Waals surface area (Å²) in [7, 11) is 1.98. The molecule has 1 N–H and O–H groups in total. The molecule has 0 spiro atoms. The highest BCUT2D eigenvalue weighted by molar-refractivity contribution is 5.23. The lowest BCUT2D eigenvalue weighted by atomic mass is 10.2. The molecule has 0 bridgehead atoms. The smallest absolute Gasteiger partial charge is 0.158 e. The summed E-state index contributed by atoms with van der Waals surface area (Å²) >= 11 is 0. The maximum Gasteiger partial charge on any atom is 0.158 e. The van der Waals surface area contributed by atoms with Crippen LogP contribution in [0.1, 0.15) is 37.2 Å². The van der Waals surface area contributed by atoms with Gasteiger partial charge in [-0.05, 0) is 27.7 Å². The van der Waals surface area contributed by atoms with Crippen molar-refractivity contribution in [2.24, 2.45) is 7.05 Å². The summed E-state index contributed by atoms with van der Waals surface area (Å²) in [5.74, 6) is 0. The van der Waals surface area contributed by atoms with E-state index in [1.54, 1.807) is 0 Å². The fourth-order valence-electron chi connectivity index (χ4n) is 2.09. The highest BCUT2D eigenvalue weighted by atomic mass is 16.7. The highest BCUT2D eigenvalue weighted by Gasteiger charge is 2.10. The largest absolute Gasteiger partial charge is 0.353 e. The monoisotopic (exact) mass is 269 g/mol. The highest BCUT2D eigenvalue weighted by Crippen LogP contribution is 2.11. The minimum absolute atomic E-state index is 0.0985.